The summed E-state index contributed by atoms with van der Waals surface area (Å²) in [5, 5.41) is 2.89. The number of para-hydroxylation sites is 2. The van der Waals surface area contributed by atoms with Crippen LogP contribution in [0.1, 0.15) is 34.1 Å². The highest BCUT2D eigenvalue weighted by molar-refractivity contribution is 5.92. The summed E-state index contributed by atoms with van der Waals surface area (Å²) in [4.78, 5) is 11.8. The molecule has 1 amide bonds. The fourth-order valence-electron chi connectivity index (χ4n) is 1.53. The summed E-state index contributed by atoms with van der Waals surface area (Å²) in [6.07, 6.45) is 0.494. The van der Waals surface area contributed by atoms with Gasteiger partial charge >= 0.3 is 0 Å². The molecule has 1 N–H and O–H groups in total. The zero-order valence-corrected chi connectivity index (χ0v) is 11.0. The van der Waals surface area contributed by atoms with Crippen LogP contribution >= 0.6 is 0 Å². The number of hydrogen-bond acceptors (Lipinski definition) is 2. The number of hydrogen-bond donors (Lipinski definition) is 1. The van der Waals surface area contributed by atoms with Crippen molar-refractivity contribution in [2.75, 3.05) is 11.9 Å². The molecule has 0 aliphatic carbocycles. The molecular formula is C14H21NO2. The zero-order chi connectivity index (χ0) is 12.9. The molecule has 1 aromatic rings. The topological polar surface area (TPSA) is 38.3 Å². The maximum absolute atomic E-state index is 11.8. The molecule has 0 fully saturated rings. The molecule has 0 aliphatic heterocycles. The average Bonchev–Trinajstić information content (AvgIpc) is 2.18. The fourth-order valence-corrected chi connectivity index (χ4v) is 1.53. The van der Waals surface area contributed by atoms with E-state index in [2.05, 4.69) is 5.32 Å². The summed E-state index contributed by atoms with van der Waals surface area (Å²) in [5.41, 5.74) is 0.730. The molecule has 0 unspecified atom stereocenters. The molecule has 0 aromatic heterocycles. The van der Waals surface area contributed by atoms with Gasteiger partial charge in [0.05, 0.1) is 12.3 Å². The largest absolute Gasteiger partial charge is 0.492 e. The van der Waals surface area contributed by atoms with Gasteiger partial charge in [-0.2, -0.15) is 0 Å². The van der Waals surface area contributed by atoms with E-state index >= 15 is 0 Å². The van der Waals surface area contributed by atoms with E-state index in [1.165, 1.54) is 0 Å². The Morgan fingerprint density at radius 2 is 1.94 bits per heavy atom. The van der Waals surface area contributed by atoms with Crippen LogP contribution < -0.4 is 10.1 Å². The number of carbonyl (C=O) groups is 1. The predicted molar refractivity (Wildman–Crippen MR) is 70.3 cm³/mol. The third kappa shape index (κ3) is 4.89. The van der Waals surface area contributed by atoms with Crippen molar-refractivity contribution in [3.05, 3.63) is 24.3 Å². The molecule has 1 rings (SSSR count). The number of nitrogens with one attached hydrogen (secondary N) is 1. The van der Waals surface area contributed by atoms with E-state index in [-0.39, 0.29) is 11.3 Å². The highest BCUT2D eigenvalue weighted by atomic mass is 16.5. The summed E-state index contributed by atoms with van der Waals surface area (Å²) < 4.78 is 5.45. The van der Waals surface area contributed by atoms with Crippen molar-refractivity contribution in [2.24, 2.45) is 5.41 Å². The van der Waals surface area contributed by atoms with Crippen LogP contribution in [0.2, 0.25) is 0 Å². The second-order valence-corrected chi connectivity index (χ2v) is 5.21. The molecule has 94 valence electrons. The van der Waals surface area contributed by atoms with E-state index in [1.54, 1.807) is 0 Å². The third-order valence-electron chi connectivity index (χ3n) is 2.15. The lowest BCUT2D eigenvalue weighted by Crippen LogP contribution is -2.20. The smallest absolute Gasteiger partial charge is 0.224 e. The minimum atomic E-state index is -0.00929. The first kappa shape index (κ1) is 13.6. The van der Waals surface area contributed by atoms with E-state index in [1.807, 2.05) is 52.0 Å². The minimum Gasteiger partial charge on any atom is -0.492 e. The first-order valence-electron chi connectivity index (χ1n) is 5.94. The lowest BCUT2D eigenvalue weighted by atomic mass is 9.92. The van der Waals surface area contributed by atoms with Crippen LogP contribution in [0.4, 0.5) is 5.69 Å². The van der Waals surface area contributed by atoms with E-state index in [9.17, 15) is 4.79 Å². The first-order valence-corrected chi connectivity index (χ1v) is 5.94. The van der Waals surface area contributed by atoms with Crippen molar-refractivity contribution >= 4 is 11.6 Å². The van der Waals surface area contributed by atoms with E-state index < -0.39 is 0 Å². The average molecular weight is 235 g/mol. The lowest BCUT2D eigenvalue weighted by Gasteiger charge is -2.18. The quantitative estimate of drug-likeness (QED) is 0.868. The fraction of sp³-hybridized carbons (Fsp3) is 0.500. The van der Waals surface area contributed by atoms with Gasteiger partial charge in [0.2, 0.25) is 5.91 Å². The Morgan fingerprint density at radius 3 is 2.53 bits per heavy atom. The SMILES string of the molecule is CCOc1ccccc1NC(=O)CC(C)(C)C. The lowest BCUT2D eigenvalue weighted by molar-refractivity contribution is -0.117. The molecule has 0 bridgehead atoms. The Morgan fingerprint density at radius 1 is 1.29 bits per heavy atom. The standard InChI is InChI=1S/C14H21NO2/c1-5-17-12-9-7-6-8-11(12)15-13(16)10-14(2,3)4/h6-9H,5,10H2,1-4H3,(H,15,16). The van der Waals surface area contributed by atoms with E-state index in [4.69, 9.17) is 4.74 Å². The van der Waals surface area contributed by atoms with Crippen LogP contribution in [-0.2, 0) is 4.79 Å². The summed E-state index contributed by atoms with van der Waals surface area (Å²) in [6, 6.07) is 7.49. The van der Waals surface area contributed by atoms with Gasteiger partial charge in [0.15, 0.2) is 0 Å². The van der Waals surface area contributed by atoms with Gasteiger partial charge in [-0.15, -0.1) is 0 Å². The Balaban J connectivity index is 2.71. The van der Waals surface area contributed by atoms with Gasteiger partial charge in [-0.05, 0) is 24.5 Å². The maximum Gasteiger partial charge on any atom is 0.224 e. The van der Waals surface area contributed by atoms with Crippen molar-refractivity contribution in [2.45, 2.75) is 34.1 Å². The molecule has 1 aromatic carbocycles. The molecule has 0 aliphatic rings. The molecule has 0 heterocycles. The molecule has 3 nitrogen and oxygen atoms in total. The molecular weight excluding hydrogens is 214 g/mol. The van der Waals surface area contributed by atoms with E-state index in [0.717, 1.165) is 11.4 Å². The van der Waals surface area contributed by atoms with Gasteiger partial charge in [0, 0.05) is 6.42 Å². The molecule has 17 heavy (non-hydrogen) atoms. The summed E-state index contributed by atoms with van der Waals surface area (Å²) in [7, 11) is 0. The highest BCUT2D eigenvalue weighted by Gasteiger charge is 2.16. The first-order chi connectivity index (χ1) is 7.92. The van der Waals surface area contributed by atoms with Crippen LogP contribution in [-0.4, -0.2) is 12.5 Å². The predicted octanol–water partition coefficient (Wildman–Crippen LogP) is 3.46. The molecule has 0 saturated carbocycles. The molecule has 0 saturated heterocycles. The van der Waals surface area contributed by atoms with Gasteiger partial charge in [-0.1, -0.05) is 32.9 Å². The summed E-state index contributed by atoms with van der Waals surface area (Å²) in [5.74, 6) is 0.738. The molecule has 3 heteroatoms. The van der Waals surface area contributed by atoms with Crippen LogP contribution in [0.25, 0.3) is 0 Å². The molecule has 0 atom stereocenters. The number of ether oxygens (including phenoxy) is 1. The van der Waals surface area contributed by atoms with Crippen LogP contribution in [0.3, 0.4) is 0 Å². The Hall–Kier alpha value is -1.51. The van der Waals surface area contributed by atoms with Crippen molar-refractivity contribution < 1.29 is 9.53 Å². The van der Waals surface area contributed by atoms with Crippen LogP contribution in [0.15, 0.2) is 24.3 Å². The van der Waals surface area contributed by atoms with Crippen LogP contribution in [0.5, 0.6) is 5.75 Å². The Labute approximate surface area is 103 Å². The number of carbonyl (C=O) groups excluding carboxylic acids is 1. The second-order valence-electron chi connectivity index (χ2n) is 5.21. The third-order valence-corrected chi connectivity index (χ3v) is 2.15. The van der Waals surface area contributed by atoms with Gasteiger partial charge < -0.3 is 10.1 Å². The maximum atomic E-state index is 11.8. The number of anilines is 1. The normalized spacial score (nSPS) is 11.1. The molecule has 0 radical (unpaired) electrons. The van der Waals surface area contributed by atoms with Crippen molar-refractivity contribution in [1.82, 2.24) is 0 Å². The van der Waals surface area contributed by atoms with Gasteiger partial charge in [-0.3, -0.25) is 4.79 Å². The number of benzene rings is 1. The second kappa shape index (κ2) is 5.71. The number of rotatable bonds is 4. The summed E-state index contributed by atoms with van der Waals surface area (Å²) in [6.45, 7) is 8.64. The van der Waals surface area contributed by atoms with Gasteiger partial charge in [0.25, 0.3) is 0 Å². The van der Waals surface area contributed by atoms with Crippen LogP contribution in [0, 0.1) is 5.41 Å². The summed E-state index contributed by atoms with van der Waals surface area (Å²) >= 11 is 0. The monoisotopic (exact) mass is 235 g/mol. The van der Waals surface area contributed by atoms with E-state index in [0.29, 0.717) is 13.0 Å². The number of amides is 1. The Bertz CT molecular complexity index is 380. The Kier molecular flexibility index (Phi) is 4.55. The zero-order valence-electron chi connectivity index (χ0n) is 11.0. The van der Waals surface area contributed by atoms with Crippen molar-refractivity contribution in [1.29, 1.82) is 0 Å². The van der Waals surface area contributed by atoms with Gasteiger partial charge in [0.1, 0.15) is 5.75 Å². The minimum absolute atomic E-state index is 0.00929. The van der Waals surface area contributed by atoms with Gasteiger partial charge in [-0.25, -0.2) is 0 Å². The highest BCUT2D eigenvalue weighted by Crippen LogP contribution is 2.25. The van der Waals surface area contributed by atoms with Crippen molar-refractivity contribution in [3.8, 4) is 5.75 Å². The van der Waals surface area contributed by atoms with Crippen molar-refractivity contribution in [3.63, 3.8) is 0 Å². The molecule has 0 spiro atoms.